The first-order chi connectivity index (χ1) is 19.5. The van der Waals surface area contributed by atoms with Crippen LogP contribution in [0.3, 0.4) is 0 Å². The van der Waals surface area contributed by atoms with Crippen LogP contribution in [0.4, 0.5) is 30.2 Å². The van der Waals surface area contributed by atoms with Crippen molar-refractivity contribution in [2.24, 2.45) is 5.41 Å². The zero-order valence-electron chi connectivity index (χ0n) is 22.3. The van der Waals surface area contributed by atoms with Crippen LogP contribution in [0.5, 0.6) is 0 Å². The van der Waals surface area contributed by atoms with E-state index in [4.69, 9.17) is 11.6 Å². The van der Waals surface area contributed by atoms with Crippen LogP contribution >= 0.6 is 11.6 Å². The smallest absolute Gasteiger partial charge is 0.249 e. The number of nitriles is 1. The molecule has 2 aromatic carbocycles. The number of pyridine rings is 2. The maximum absolute atomic E-state index is 13.9. The van der Waals surface area contributed by atoms with E-state index in [0.29, 0.717) is 28.8 Å². The number of halogens is 4. The number of aromatic nitrogens is 5. The first kappa shape index (κ1) is 27.9. The Kier molecular flexibility index (Phi) is 7.51. The number of benzene rings is 2. The lowest BCUT2D eigenvalue weighted by molar-refractivity contribution is 0.321. The molecule has 12 heteroatoms. The number of rotatable bonds is 7. The highest BCUT2D eigenvalue weighted by Gasteiger charge is 2.22. The summed E-state index contributed by atoms with van der Waals surface area (Å²) in [7, 11) is 0. The molecule has 0 fully saturated rings. The second-order valence-corrected chi connectivity index (χ2v) is 11.1. The third kappa shape index (κ3) is 6.23. The Morgan fingerprint density at radius 1 is 1.02 bits per heavy atom. The summed E-state index contributed by atoms with van der Waals surface area (Å²) in [4.78, 5) is 7.73. The summed E-state index contributed by atoms with van der Waals surface area (Å²) in [5.74, 6) is -2.76. The number of anilines is 3. The molecule has 0 radical (unpaired) electrons. The molecule has 0 aliphatic heterocycles. The van der Waals surface area contributed by atoms with Gasteiger partial charge in [-0.1, -0.05) is 49.7 Å². The highest BCUT2D eigenvalue weighted by atomic mass is 35.5. The van der Waals surface area contributed by atoms with E-state index in [1.807, 2.05) is 6.20 Å². The fraction of sp³-hybridized carbons (Fsp3) is 0.207. The molecule has 0 saturated heterocycles. The topological polar surface area (TPSA) is 104 Å². The fourth-order valence-electron chi connectivity index (χ4n) is 4.36. The van der Waals surface area contributed by atoms with E-state index in [-0.39, 0.29) is 33.2 Å². The van der Waals surface area contributed by atoms with Crippen LogP contribution in [0.2, 0.25) is 5.02 Å². The Morgan fingerprint density at radius 3 is 2.46 bits per heavy atom. The van der Waals surface area contributed by atoms with E-state index in [2.05, 4.69) is 57.8 Å². The number of fused-ring (bicyclic) bond motifs is 1. The van der Waals surface area contributed by atoms with Gasteiger partial charge in [0, 0.05) is 29.9 Å². The monoisotopic (exact) mass is 576 g/mol. The van der Waals surface area contributed by atoms with Crippen LogP contribution in [0.15, 0.2) is 61.1 Å². The van der Waals surface area contributed by atoms with E-state index in [0.717, 1.165) is 17.8 Å². The zero-order chi connectivity index (χ0) is 29.3. The lowest BCUT2D eigenvalue weighted by atomic mass is 9.97. The predicted molar refractivity (Wildman–Crippen MR) is 150 cm³/mol. The molecule has 0 spiro atoms. The second-order valence-electron chi connectivity index (χ2n) is 10.7. The fourth-order valence-corrected chi connectivity index (χ4v) is 4.62. The van der Waals surface area contributed by atoms with E-state index in [1.165, 1.54) is 18.3 Å². The molecule has 5 rings (SSSR count). The molecule has 0 aliphatic rings. The van der Waals surface area contributed by atoms with E-state index >= 15 is 0 Å². The number of hydrogen-bond acceptors (Lipinski definition) is 7. The van der Waals surface area contributed by atoms with Crippen molar-refractivity contribution >= 4 is 39.6 Å². The molecule has 0 unspecified atom stereocenters. The van der Waals surface area contributed by atoms with Crippen molar-refractivity contribution in [1.82, 2.24) is 25.0 Å². The maximum atomic E-state index is 13.9. The summed E-state index contributed by atoms with van der Waals surface area (Å²) in [5, 5.41) is 25.5. The molecule has 3 heterocycles. The Hall–Kier alpha value is -4.69. The Bertz CT molecular complexity index is 1770. The van der Waals surface area contributed by atoms with Crippen LogP contribution in [0.1, 0.15) is 43.6 Å². The van der Waals surface area contributed by atoms with Crippen molar-refractivity contribution in [3.05, 3.63) is 100 Å². The molecular formula is C29H24ClF3N8. The van der Waals surface area contributed by atoms with Crippen molar-refractivity contribution in [3.63, 3.8) is 0 Å². The molecule has 0 amide bonds. The van der Waals surface area contributed by atoms with Crippen LogP contribution in [0.25, 0.3) is 10.9 Å². The average Bonchev–Trinajstić information content (AvgIpc) is 3.37. The summed E-state index contributed by atoms with van der Waals surface area (Å²) in [5.41, 5.74) is 2.75. The normalized spacial score (nSPS) is 12.2. The number of hydrogen-bond donors (Lipinski definition) is 2. The van der Waals surface area contributed by atoms with Crippen molar-refractivity contribution in [3.8, 4) is 6.07 Å². The molecule has 41 heavy (non-hydrogen) atoms. The Balaban J connectivity index is 1.59. The Morgan fingerprint density at radius 2 is 1.78 bits per heavy atom. The second kappa shape index (κ2) is 11.1. The van der Waals surface area contributed by atoms with Gasteiger partial charge < -0.3 is 10.6 Å². The quantitative estimate of drug-likeness (QED) is 0.198. The van der Waals surface area contributed by atoms with E-state index in [9.17, 15) is 18.4 Å². The molecule has 3 aromatic heterocycles. The third-order valence-corrected chi connectivity index (χ3v) is 6.40. The highest BCUT2D eigenvalue weighted by Crippen LogP contribution is 2.36. The van der Waals surface area contributed by atoms with Gasteiger partial charge in [-0.2, -0.15) is 9.65 Å². The SMILES string of the molecule is CC(C)(C)Cn1cc([C@@H](Nc2cc(Cl)c3ncc(C#N)c(Nc4cnc(F)c(F)c4)c3c2)c2ccc(F)cc2)nn1. The van der Waals surface area contributed by atoms with Crippen LogP contribution in [0, 0.1) is 34.3 Å². The van der Waals surface area contributed by atoms with E-state index < -0.39 is 17.8 Å². The van der Waals surface area contributed by atoms with Gasteiger partial charge in [-0.3, -0.25) is 9.67 Å². The standard InChI is InChI=1S/C29H24ClF3N8/c1-29(2,3)15-41-14-24(39-40-41)26(16-4-6-18(31)7-5-16)37-19-8-21-25(38-20-10-23(32)28(33)36-13-20)17(11-34)12-35-27(21)22(30)9-19/h4-10,12-14,26,37H,15H2,1-3H3,(H,35,38)/t26-/m0/s1. The van der Waals surface area contributed by atoms with Gasteiger partial charge in [0.05, 0.1) is 45.9 Å². The van der Waals surface area contributed by atoms with Gasteiger partial charge in [0.25, 0.3) is 0 Å². The van der Waals surface area contributed by atoms with Gasteiger partial charge in [0.15, 0.2) is 5.82 Å². The molecule has 208 valence electrons. The molecule has 1 atom stereocenters. The van der Waals surface area contributed by atoms with Crippen LogP contribution in [-0.4, -0.2) is 25.0 Å². The summed E-state index contributed by atoms with van der Waals surface area (Å²) < 4.78 is 42.8. The minimum Gasteiger partial charge on any atom is -0.373 e. The molecule has 0 aliphatic carbocycles. The van der Waals surface area contributed by atoms with Crippen molar-refractivity contribution in [2.75, 3.05) is 10.6 Å². The highest BCUT2D eigenvalue weighted by molar-refractivity contribution is 6.36. The summed E-state index contributed by atoms with van der Waals surface area (Å²) in [6.07, 6.45) is 4.28. The first-order valence-electron chi connectivity index (χ1n) is 12.5. The molecule has 0 bridgehead atoms. The average molecular weight is 577 g/mol. The van der Waals surface area contributed by atoms with Crippen LogP contribution < -0.4 is 10.6 Å². The minimum atomic E-state index is -1.24. The van der Waals surface area contributed by atoms with Gasteiger partial charge in [0.1, 0.15) is 17.6 Å². The third-order valence-electron chi connectivity index (χ3n) is 6.11. The van der Waals surface area contributed by atoms with Gasteiger partial charge in [-0.15, -0.1) is 5.10 Å². The largest absolute Gasteiger partial charge is 0.373 e. The number of nitrogens with one attached hydrogen (secondary N) is 2. The molecule has 5 aromatic rings. The van der Waals surface area contributed by atoms with Crippen LogP contribution in [-0.2, 0) is 6.54 Å². The Labute approximate surface area is 238 Å². The van der Waals surface area contributed by atoms with Gasteiger partial charge in [-0.25, -0.2) is 13.8 Å². The molecule has 0 saturated carbocycles. The predicted octanol–water partition coefficient (Wildman–Crippen LogP) is 7.15. The molecule has 2 N–H and O–H groups in total. The molecule has 8 nitrogen and oxygen atoms in total. The lowest BCUT2D eigenvalue weighted by Gasteiger charge is -2.20. The number of nitrogens with zero attached hydrogens (tertiary/aromatic N) is 6. The summed E-state index contributed by atoms with van der Waals surface area (Å²) in [6.45, 7) is 6.90. The molecular weight excluding hydrogens is 553 g/mol. The van der Waals surface area contributed by atoms with Crippen molar-refractivity contribution in [1.29, 1.82) is 5.26 Å². The minimum absolute atomic E-state index is 0.0343. The summed E-state index contributed by atoms with van der Waals surface area (Å²) in [6, 6.07) is 11.9. The summed E-state index contributed by atoms with van der Waals surface area (Å²) >= 11 is 6.63. The van der Waals surface area contributed by atoms with Crippen molar-refractivity contribution in [2.45, 2.75) is 33.4 Å². The zero-order valence-corrected chi connectivity index (χ0v) is 23.0. The van der Waals surface area contributed by atoms with E-state index in [1.54, 1.807) is 28.9 Å². The van der Waals surface area contributed by atoms with Crippen molar-refractivity contribution < 1.29 is 13.2 Å². The maximum Gasteiger partial charge on any atom is 0.249 e. The van der Waals surface area contributed by atoms with Gasteiger partial charge >= 0.3 is 0 Å². The van der Waals surface area contributed by atoms with Gasteiger partial charge in [-0.05, 0) is 35.2 Å². The lowest BCUT2D eigenvalue weighted by Crippen LogP contribution is -2.16. The first-order valence-corrected chi connectivity index (χ1v) is 12.9. The van der Waals surface area contributed by atoms with Gasteiger partial charge in [0.2, 0.25) is 5.95 Å².